The summed E-state index contributed by atoms with van der Waals surface area (Å²) in [5.74, 6) is 0.246. The molecule has 0 aliphatic carbocycles. The van der Waals surface area contributed by atoms with E-state index < -0.39 is 0 Å². The van der Waals surface area contributed by atoms with Crippen LogP contribution in [-0.2, 0) is 17.9 Å². The maximum absolute atomic E-state index is 11.6. The first-order chi connectivity index (χ1) is 7.79. The van der Waals surface area contributed by atoms with Gasteiger partial charge in [-0.1, -0.05) is 6.07 Å². The number of hydrogen-bond acceptors (Lipinski definition) is 3. The van der Waals surface area contributed by atoms with E-state index >= 15 is 0 Å². The van der Waals surface area contributed by atoms with Crippen LogP contribution < -0.4 is 5.73 Å². The first-order valence-electron chi connectivity index (χ1n) is 5.71. The summed E-state index contributed by atoms with van der Waals surface area (Å²) in [6.07, 6.45) is 4.59. The maximum Gasteiger partial charge on any atom is 0.222 e. The molecule has 1 fully saturated rings. The number of pyridine rings is 1. The normalized spacial score (nSPS) is 16.6. The quantitative estimate of drug-likeness (QED) is 0.826. The van der Waals surface area contributed by atoms with E-state index in [0.717, 1.165) is 30.6 Å². The van der Waals surface area contributed by atoms with Crippen molar-refractivity contribution >= 4 is 5.91 Å². The monoisotopic (exact) mass is 219 g/mol. The van der Waals surface area contributed by atoms with Crippen LogP contribution in [0, 0.1) is 0 Å². The zero-order chi connectivity index (χ0) is 11.4. The molecule has 0 bridgehead atoms. The molecule has 1 aromatic heterocycles. The molecule has 4 nitrogen and oxygen atoms in total. The van der Waals surface area contributed by atoms with Crippen LogP contribution in [0.1, 0.15) is 30.5 Å². The summed E-state index contributed by atoms with van der Waals surface area (Å²) in [6.45, 7) is 2.00. The molecular weight excluding hydrogens is 202 g/mol. The van der Waals surface area contributed by atoms with Gasteiger partial charge >= 0.3 is 0 Å². The molecule has 16 heavy (non-hydrogen) atoms. The highest BCUT2D eigenvalue weighted by atomic mass is 16.2. The van der Waals surface area contributed by atoms with E-state index in [2.05, 4.69) is 4.98 Å². The van der Waals surface area contributed by atoms with Gasteiger partial charge in [-0.05, 0) is 24.5 Å². The molecule has 4 heteroatoms. The lowest BCUT2D eigenvalue weighted by Gasteiger charge is -2.26. The number of amides is 1. The Hall–Kier alpha value is -1.42. The highest BCUT2D eigenvalue weighted by Gasteiger charge is 2.18. The van der Waals surface area contributed by atoms with Crippen molar-refractivity contribution in [2.45, 2.75) is 32.4 Å². The fraction of sp³-hybridized carbons (Fsp3) is 0.500. The summed E-state index contributed by atoms with van der Waals surface area (Å²) >= 11 is 0. The van der Waals surface area contributed by atoms with E-state index in [1.54, 1.807) is 6.20 Å². The molecule has 0 atom stereocenters. The number of likely N-dealkylation sites (tertiary alicyclic amines) is 1. The van der Waals surface area contributed by atoms with Crippen molar-refractivity contribution in [2.75, 3.05) is 6.54 Å². The molecule has 86 valence electrons. The number of aromatic nitrogens is 1. The summed E-state index contributed by atoms with van der Waals surface area (Å²) in [4.78, 5) is 17.8. The van der Waals surface area contributed by atoms with Crippen LogP contribution in [-0.4, -0.2) is 22.3 Å². The Kier molecular flexibility index (Phi) is 3.51. The molecule has 1 amide bonds. The summed E-state index contributed by atoms with van der Waals surface area (Å²) in [5, 5.41) is 0. The van der Waals surface area contributed by atoms with Gasteiger partial charge in [0.1, 0.15) is 0 Å². The molecule has 0 radical (unpaired) electrons. The van der Waals surface area contributed by atoms with Gasteiger partial charge in [0.15, 0.2) is 0 Å². The molecule has 1 aliphatic heterocycles. The second kappa shape index (κ2) is 5.07. The minimum Gasteiger partial charge on any atom is -0.337 e. The summed E-state index contributed by atoms with van der Waals surface area (Å²) in [5.41, 5.74) is 7.46. The van der Waals surface area contributed by atoms with Gasteiger partial charge in [0, 0.05) is 25.7 Å². The molecule has 2 rings (SSSR count). The van der Waals surface area contributed by atoms with Gasteiger partial charge < -0.3 is 10.6 Å². The van der Waals surface area contributed by atoms with Crippen LogP contribution in [0.2, 0.25) is 0 Å². The third-order valence-electron chi connectivity index (χ3n) is 2.90. The summed E-state index contributed by atoms with van der Waals surface area (Å²) < 4.78 is 0. The molecule has 2 heterocycles. The Morgan fingerprint density at radius 3 is 2.88 bits per heavy atom. The number of piperidine rings is 1. The van der Waals surface area contributed by atoms with Crippen LogP contribution in [0.5, 0.6) is 0 Å². The molecule has 0 spiro atoms. The first-order valence-corrected chi connectivity index (χ1v) is 5.71. The van der Waals surface area contributed by atoms with Crippen molar-refractivity contribution in [2.24, 2.45) is 5.73 Å². The van der Waals surface area contributed by atoms with Crippen LogP contribution in [0.4, 0.5) is 0 Å². The topological polar surface area (TPSA) is 59.2 Å². The first kappa shape index (κ1) is 11.1. The lowest BCUT2D eigenvalue weighted by molar-refractivity contribution is -0.133. The highest BCUT2D eigenvalue weighted by Crippen LogP contribution is 2.13. The Morgan fingerprint density at radius 2 is 2.25 bits per heavy atom. The molecule has 0 unspecified atom stereocenters. The average Bonchev–Trinajstić information content (AvgIpc) is 2.33. The van der Waals surface area contributed by atoms with Crippen LogP contribution in [0.15, 0.2) is 18.3 Å². The predicted octanol–water partition coefficient (Wildman–Crippen LogP) is 1.05. The number of carbonyl (C=O) groups excluding carboxylic acids is 1. The van der Waals surface area contributed by atoms with E-state index in [1.807, 2.05) is 17.0 Å². The van der Waals surface area contributed by atoms with Gasteiger partial charge in [0.05, 0.1) is 12.2 Å². The number of hydrogen-bond donors (Lipinski definition) is 1. The Morgan fingerprint density at radius 1 is 1.38 bits per heavy atom. The highest BCUT2D eigenvalue weighted by molar-refractivity contribution is 5.76. The van der Waals surface area contributed by atoms with Crippen LogP contribution >= 0.6 is 0 Å². The van der Waals surface area contributed by atoms with Crippen molar-refractivity contribution in [3.8, 4) is 0 Å². The number of rotatable bonds is 3. The Labute approximate surface area is 95.5 Å². The summed E-state index contributed by atoms with van der Waals surface area (Å²) in [7, 11) is 0. The van der Waals surface area contributed by atoms with Crippen LogP contribution in [0.3, 0.4) is 0 Å². The largest absolute Gasteiger partial charge is 0.337 e. The lowest BCUT2D eigenvalue weighted by Crippen LogP contribution is -2.34. The van der Waals surface area contributed by atoms with E-state index in [4.69, 9.17) is 5.73 Å². The van der Waals surface area contributed by atoms with Gasteiger partial charge in [-0.3, -0.25) is 9.78 Å². The fourth-order valence-electron chi connectivity index (χ4n) is 1.89. The second-order valence-corrected chi connectivity index (χ2v) is 4.13. The molecule has 1 aromatic rings. The molecule has 1 aliphatic rings. The van der Waals surface area contributed by atoms with Crippen LogP contribution in [0.25, 0.3) is 0 Å². The minimum atomic E-state index is 0.246. The maximum atomic E-state index is 11.6. The Balaban J connectivity index is 1.99. The molecular formula is C12H17N3O. The Bertz CT molecular complexity index is 361. The predicted molar refractivity (Wildman–Crippen MR) is 61.4 cm³/mol. The van der Waals surface area contributed by atoms with Crippen molar-refractivity contribution in [1.82, 2.24) is 9.88 Å². The number of carbonyl (C=O) groups is 1. The van der Waals surface area contributed by atoms with Gasteiger partial charge in [0.2, 0.25) is 5.91 Å². The van der Waals surface area contributed by atoms with Gasteiger partial charge in [-0.15, -0.1) is 0 Å². The summed E-state index contributed by atoms with van der Waals surface area (Å²) in [6, 6.07) is 3.92. The van der Waals surface area contributed by atoms with Gasteiger partial charge in [0.25, 0.3) is 0 Å². The fourth-order valence-corrected chi connectivity index (χ4v) is 1.89. The smallest absolute Gasteiger partial charge is 0.222 e. The minimum absolute atomic E-state index is 0.246. The second-order valence-electron chi connectivity index (χ2n) is 4.13. The zero-order valence-electron chi connectivity index (χ0n) is 9.35. The SMILES string of the molecule is NCc1ccc(CN2CCCCC2=O)nc1. The van der Waals surface area contributed by atoms with E-state index in [9.17, 15) is 4.79 Å². The third-order valence-corrected chi connectivity index (χ3v) is 2.90. The van der Waals surface area contributed by atoms with Crippen molar-refractivity contribution in [3.05, 3.63) is 29.6 Å². The number of nitrogens with two attached hydrogens (primary N) is 1. The standard InChI is InChI=1S/C12H17N3O/c13-7-10-4-5-11(14-8-10)9-15-6-2-1-3-12(15)16/h4-5,8H,1-3,6-7,9,13H2. The lowest BCUT2D eigenvalue weighted by atomic mass is 10.1. The molecule has 0 saturated carbocycles. The van der Waals surface area contributed by atoms with Crippen molar-refractivity contribution in [3.63, 3.8) is 0 Å². The van der Waals surface area contributed by atoms with Crippen molar-refractivity contribution < 1.29 is 4.79 Å². The molecule has 1 saturated heterocycles. The average molecular weight is 219 g/mol. The van der Waals surface area contributed by atoms with Gasteiger partial charge in [-0.2, -0.15) is 0 Å². The van der Waals surface area contributed by atoms with Gasteiger partial charge in [-0.25, -0.2) is 0 Å². The third kappa shape index (κ3) is 2.58. The molecule has 2 N–H and O–H groups in total. The van der Waals surface area contributed by atoms with E-state index in [1.165, 1.54) is 0 Å². The van der Waals surface area contributed by atoms with E-state index in [-0.39, 0.29) is 5.91 Å². The van der Waals surface area contributed by atoms with Crippen molar-refractivity contribution in [1.29, 1.82) is 0 Å². The zero-order valence-corrected chi connectivity index (χ0v) is 9.35. The van der Waals surface area contributed by atoms with E-state index in [0.29, 0.717) is 19.5 Å². The molecule has 0 aromatic carbocycles. The number of nitrogens with zero attached hydrogens (tertiary/aromatic N) is 2.